The van der Waals surface area contributed by atoms with Crippen LogP contribution in [-0.4, -0.2) is 7.05 Å². The number of benzene rings is 2. The average Bonchev–Trinajstić information content (AvgIpc) is 2.39. The van der Waals surface area contributed by atoms with Gasteiger partial charge in [0.05, 0.1) is 0 Å². The summed E-state index contributed by atoms with van der Waals surface area (Å²) < 4.78 is 14.6. The van der Waals surface area contributed by atoms with Gasteiger partial charge in [-0.25, -0.2) is 4.39 Å². The maximum Gasteiger partial charge on any atom is 0.126 e. The van der Waals surface area contributed by atoms with Crippen LogP contribution >= 0.6 is 27.5 Å². The maximum atomic E-state index is 13.7. The maximum absolute atomic E-state index is 13.7. The van der Waals surface area contributed by atoms with Gasteiger partial charge >= 0.3 is 0 Å². The zero-order valence-corrected chi connectivity index (χ0v) is 12.8. The Hall–Kier alpha value is -0.900. The molecule has 4 heteroatoms. The molecule has 2 aromatic rings. The summed E-state index contributed by atoms with van der Waals surface area (Å²) in [4.78, 5) is 0. The fourth-order valence-corrected chi connectivity index (χ4v) is 2.99. The molecule has 0 saturated heterocycles. The monoisotopic (exact) mass is 341 g/mol. The Morgan fingerprint density at radius 1 is 1.26 bits per heavy atom. The summed E-state index contributed by atoms with van der Waals surface area (Å²) in [5.41, 5.74) is 1.76. The lowest BCUT2D eigenvalue weighted by Crippen LogP contribution is -2.19. The van der Waals surface area contributed by atoms with E-state index in [1.807, 2.05) is 37.4 Å². The minimum absolute atomic E-state index is 0.0311. The van der Waals surface area contributed by atoms with Crippen LogP contribution in [0, 0.1) is 5.82 Å². The van der Waals surface area contributed by atoms with Gasteiger partial charge in [-0.05, 0) is 42.8 Å². The third-order valence-corrected chi connectivity index (χ3v) is 3.99. The first-order chi connectivity index (χ1) is 9.11. The summed E-state index contributed by atoms with van der Waals surface area (Å²) in [5.74, 6) is -0.173. The highest BCUT2D eigenvalue weighted by atomic mass is 79.9. The van der Waals surface area contributed by atoms with E-state index in [4.69, 9.17) is 11.6 Å². The number of likely N-dealkylation sites (N-methyl/N-ethyl adjacent to an activating group) is 1. The number of halogens is 3. The number of hydrogen-bond donors (Lipinski definition) is 1. The molecule has 0 fully saturated rings. The summed E-state index contributed by atoms with van der Waals surface area (Å²) >= 11 is 9.44. The van der Waals surface area contributed by atoms with E-state index in [1.165, 1.54) is 6.07 Å². The lowest BCUT2D eigenvalue weighted by Gasteiger charge is -2.19. The highest BCUT2D eigenvalue weighted by molar-refractivity contribution is 9.10. The lowest BCUT2D eigenvalue weighted by molar-refractivity contribution is 0.553. The van der Waals surface area contributed by atoms with Crippen LogP contribution in [0.4, 0.5) is 4.39 Å². The van der Waals surface area contributed by atoms with Crippen LogP contribution in [0.3, 0.4) is 0 Å². The molecule has 100 valence electrons. The van der Waals surface area contributed by atoms with E-state index in [1.54, 1.807) is 6.07 Å². The summed E-state index contributed by atoms with van der Waals surface area (Å²) in [6.45, 7) is 0. The van der Waals surface area contributed by atoms with Crippen molar-refractivity contribution in [2.45, 2.75) is 12.5 Å². The molecular formula is C15H14BrClFN. The van der Waals surface area contributed by atoms with E-state index >= 15 is 0 Å². The summed E-state index contributed by atoms with van der Waals surface area (Å²) in [6, 6.07) is 12.5. The van der Waals surface area contributed by atoms with Gasteiger partial charge in [-0.3, -0.25) is 0 Å². The van der Waals surface area contributed by atoms with Crippen LogP contribution in [0.15, 0.2) is 46.9 Å². The van der Waals surface area contributed by atoms with Gasteiger partial charge in [0, 0.05) is 15.5 Å². The third kappa shape index (κ3) is 3.56. The Morgan fingerprint density at radius 2 is 2.00 bits per heavy atom. The minimum Gasteiger partial charge on any atom is -0.313 e. The molecule has 0 amide bonds. The summed E-state index contributed by atoms with van der Waals surface area (Å²) in [7, 11) is 1.87. The van der Waals surface area contributed by atoms with Crippen molar-refractivity contribution < 1.29 is 4.39 Å². The van der Waals surface area contributed by atoms with Gasteiger partial charge < -0.3 is 5.32 Å². The van der Waals surface area contributed by atoms with Gasteiger partial charge in [0.1, 0.15) is 5.82 Å². The number of hydrogen-bond acceptors (Lipinski definition) is 1. The molecule has 1 atom stereocenters. The third-order valence-electron chi connectivity index (χ3n) is 3.07. The van der Waals surface area contributed by atoms with Crippen LogP contribution in [-0.2, 0) is 6.42 Å². The highest BCUT2D eigenvalue weighted by Gasteiger charge is 2.15. The Kier molecular flexibility index (Phi) is 4.97. The zero-order valence-electron chi connectivity index (χ0n) is 10.5. The van der Waals surface area contributed by atoms with Crippen molar-refractivity contribution in [2.75, 3.05) is 7.05 Å². The molecule has 2 rings (SSSR count). The SMILES string of the molecule is CNC(Cc1ccccc1F)c1ccc(Cl)cc1Br. The normalized spacial score (nSPS) is 12.4. The molecule has 0 aliphatic rings. The topological polar surface area (TPSA) is 12.0 Å². The molecule has 0 heterocycles. The second kappa shape index (κ2) is 6.51. The predicted molar refractivity (Wildman–Crippen MR) is 81.1 cm³/mol. The van der Waals surface area contributed by atoms with Crippen LogP contribution in [0.5, 0.6) is 0 Å². The molecule has 0 aliphatic heterocycles. The van der Waals surface area contributed by atoms with Gasteiger partial charge in [-0.2, -0.15) is 0 Å². The molecule has 0 spiro atoms. The Labute approximate surface area is 125 Å². The first-order valence-corrected chi connectivity index (χ1v) is 7.14. The Bertz CT molecular complexity index is 574. The van der Waals surface area contributed by atoms with Crippen LogP contribution in [0.2, 0.25) is 5.02 Å². The first kappa shape index (κ1) is 14.5. The van der Waals surface area contributed by atoms with Crippen LogP contribution in [0.1, 0.15) is 17.2 Å². The van der Waals surface area contributed by atoms with E-state index in [-0.39, 0.29) is 11.9 Å². The fourth-order valence-electron chi connectivity index (χ4n) is 2.04. The van der Waals surface area contributed by atoms with Crippen molar-refractivity contribution >= 4 is 27.5 Å². The largest absolute Gasteiger partial charge is 0.313 e. The number of rotatable bonds is 4. The van der Waals surface area contributed by atoms with Crippen molar-refractivity contribution in [3.05, 3.63) is 68.9 Å². The highest BCUT2D eigenvalue weighted by Crippen LogP contribution is 2.29. The molecule has 0 aromatic heterocycles. The molecular weight excluding hydrogens is 329 g/mol. The van der Waals surface area contributed by atoms with Gasteiger partial charge in [0.15, 0.2) is 0 Å². The van der Waals surface area contributed by atoms with Gasteiger partial charge in [0.2, 0.25) is 0 Å². The van der Waals surface area contributed by atoms with E-state index < -0.39 is 0 Å². The van der Waals surface area contributed by atoms with Crippen molar-refractivity contribution in [1.82, 2.24) is 5.32 Å². The number of nitrogens with one attached hydrogen (secondary N) is 1. The average molecular weight is 343 g/mol. The molecule has 0 radical (unpaired) electrons. The quantitative estimate of drug-likeness (QED) is 0.846. The first-order valence-electron chi connectivity index (χ1n) is 5.97. The van der Waals surface area contributed by atoms with Crippen molar-refractivity contribution in [3.8, 4) is 0 Å². The molecule has 1 unspecified atom stereocenters. The van der Waals surface area contributed by atoms with Crippen molar-refractivity contribution in [2.24, 2.45) is 0 Å². The molecule has 0 aliphatic carbocycles. The van der Waals surface area contributed by atoms with E-state index in [0.29, 0.717) is 17.0 Å². The predicted octanol–water partition coefficient (Wildman–Crippen LogP) is 4.74. The van der Waals surface area contributed by atoms with E-state index in [0.717, 1.165) is 10.0 Å². The molecule has 2 aromatic carbocycles. The van der Waals surface area contributed by atoms with Gasteiger partial charge in [-0.1, -0.05) is 51.8 Å². The van der Waals surface area contributed by atoms with Crippen molar-refractivity contribution in [3.63, 3.8) is 0 Å². The lowest BCUT2D eigenvalue weighted by atomic mass is 9.99. The summed E-state index contributed by atoms with van der Waals surface area (Å²) in [6.07, 6.45) is 0.587. The molecule has 1 nitrogen and oxygen atoms in total. The molecule has 0 bridgehead atoms. The molecule has 0 saturated carbocycles. The zero-order chi connectivity index (χ0) is 13.8. The van der Waals surface area contributed by atoms with Gasteiger partial charge in [0.25, 0.3) is 0 Å². The van der Waals surface area contributed by atoms with Crippen LogP contribution in [0.25, 0.3) is 0 Å². The van der Waals surface area contributed by atoms with Crippen LogP contribution < -0.4 is 5.32 Å². The smallest absolute Gasteiger partial charge is 0.126 e. The van der Waals surface area contributed by atoms with Gasteiger partial charge in [-0.15, -0.1) is 0 Å². The van der Waals surface area contributed by atoms with E-state index in [9.17, 15) is 4.39 Å². The van der Waals surface area contributed by atoms with E-state index in [2.05, 4.69) is 21.2 Å². The Balaban J connectivity index is 2.28. The molecule has 19 heavy (non-hydrogen) atoms. The fraction of sp³-hybridized carbons (Fsp3) is 0.200. The minimum atomic E-state index is -0.173. The second-order valence-corrected chi connectivity index (χ2v) is 5.59. The molecule has 1 N–H and O–H groups in total. The Morgan fingerprint density at radius 3 is 2.63 bits per heavy atom. The summed E-state index contributed by atoms with van der Waals surface area (Å²) in [5, 5.41) is 3.89. The standard InChI is InChI=1S/C15H14BrClFN/c1-19-15(8-10-4-2-3-5-14(10)18)12-7-6-11(17)9-13(12)16/h2-7,9,15,19H,8H2,1H3. The second-order valence-electron chi connectivity index (χ2n) is 4.30. The van der Waals surface area contributed by atoms with Crippen molar-refractivity contribution in [1.29, 1.82) is 0 Å².